The minimum absolute atomic E-state index is 0.00900. The number of amides is 2. The summed E-state index contributed by atoms with van der Waals surface area (Å²) in [4.78, 5) is 23.3. The Kier molecular flexibility index (Phi) is 5.56. The molecule has 0 fully saturated rings. The van der Waals surface area contributed by atoms with Gasteiger partial charge in [-0.25, -0.2) is 0 Å². The number of hydrazine groups is 1. The fourth-order valence-corrected chi connectivity index (χ4v) is 1.94. The summed E-state index contributed by atoms with van der Waals surface area (Å²) in [6.45, 7) is 3.63. The van der Waals surface area contributed by atoms with E-state index in [0.29, 0.717) is 5.69 Å². The Hall–Kier alpha value is -1.34. The van der Waals surface area contributed by atoms with Crippen LogP contribution in [0.2, 0.25) is 0 Å². The van der Waals surface area contributed by atoms with Crippen molar-refractivity contribution in [3.05, 3.63) is 22.4 Å². The monoisotopic (exact) mass is 331 g/mol. The van der Waals surface area contributed by atoms with Gasteiger partial charge in [0.2, 0.25) is 5.91 Å². The number of carbonyl (C=O) groups is 2. The van der Waals surface area contributed by atoms with E-state index in [-0.39, 0.29) is 12.3 Å². The SMILES string of the molecule is CC(C)C(O)CC(=O)NNC(=O)c1cc(Br)cn1C. The molecule has 0 radical (unpaired) electrons. The number of nitrogens with one attached hydrogen (secondary N) is 2. The Morgan fingerprint density at radius 2 is 2.05 bits per heavy atom. The van der Waals surface area contributed by atoms with Gasteiger partial charge in [-0.1, -0.05) is 13.8 Å². The molecule has 1 aromatic rings. The number of hydrogen-bond donors (Lipinski definition) is 3. The molecule has 0 aliphatic rings. The molecule has 1 rings (SSSR count). The van der Waals surface area contributed by atoms with Gasteiger partial charge < -0.3 is 9.67 Å². The average molecular weight is 332 g/mol. The summed E-state index contributed by atoms with van der Waals surface area (Å²) in [6.07, 6.45) is 0.967. The number of aryl methyl sites for hydroxylation is 1. The number of rotatable bonds is 4. The lowest BCUT2D eigenvalue weighted by Crippen LogP contribution is -2.43. The average Bonchev–Trinajstić information content (AvgIpc) is 2.65. The molecule has 1 unspecified atom stereocenters. The van der Waals surface area contributed by atoms with E-state index >= 15 is 0 Å². The van der Waals surface area contributed by atoms with Crippen LogP contribution in [-0.4, -0.2) is 27.6 Å². The van der Waals surface area contributed by atoms with Gasteiger partial charge in [0.05, 0.1) is 12.5 Å². The van der Waals surface area contributed by atoms with Crippen LogP contribution in [-0.2, 0) is 11.8 Å². The highest BCUT2D eigenvalue weighted by Gasteiger charge is 2.16. The zero-order valence-electron chi connectivity index (χ0n) is 11.1. The van der Waals surface area contributed by atoms with Crippen LogP contribution in [0, 0.1) is 5.92 Å². The first-order chi connectivity index (χ1) is 8.81. The number of aliphatic hydroxyl groups excluding tert-OH is 1. The molecule has 19 heavy (non-hydrogen) atoms. The number of aromatic nitrogens is 1. The fourth-order valence-electron chi connectivity index (χ4n) is 1.42. The highest BCUT2D eigenvalue weighted by Crippen LogP contribution is 2.13. The summed E-state index contributed by atoms with van der Waals surface area (Å²) >= 11 is 3.26. The fraction of sp³-hybridized carbons (Fsp3) is 0.500. The Bertz CT molecular complexity index is 471. The lowest BCUT2D eigenvalue weighted by atomic mass is 10.0. The van der Waals surface area contributed by atoms with Crippen LogP contribution >= 0.6 is 15.9 Å². The molecular formula is C12H18BrN3O3. The standard InChI is InChI=1S/C12H18BrN3O3/c1-7(2)10(17)5-11(18)14-15-12(19)9-4-8(13)6-16(9)3/h4,6-7,10,17H,5H2,1-3H3,(H,14,18)(H,15,19). The Labute approximate surface area is 120 Å². The summed E-state index contributed by atoms with van der Waals surface area (Å²) in [5, 5.41) is 9.54. The molecule has 1 atom stereocenters. The van der Waals surface area contributed by atoms with Gasteiger partial charge in [-0.15, -0.1) is 0 Å². The maximum Gasteiger partial charge on any atom is 0.286 e. The van der Waals surface area contributed by atoms with Crippen molar-refractivity contribution in [2.24, 2.45) is 13.0 Å². The third-order valence-electron chi connectivity index (χ3n) is 2.68. The molecule has 0 spiro atoms. The second-order valence-electron chi connectivity index (χ2n) is 4.67. The largest absolute Gasteiger partial charge is 0.392 e. The van der Waals surface area contributed by atoms with Crippen molar-refractivity contribution < 1.29 is 14.7 Å². The molecule has 1 aromatic heterocycles. The first kappa shape index (κ1) is 15.7. The molecular weight excluding hydrogens is 314 g/mol. The molecule has 0 saturated carbocycles. The number of carbonyl (C=O) groups excluding carboxylic acids is 2. The van der Waals surface area contributed by atoms with E-state index in [1.807, 2.05) is 13.8 Å². The molecule has 6 nitrogen and oxygen atoms in total. The van der Waals surface area contributed by atoms with Crippen molar-refractivity contribution in [2.75, 3.05) is 0 Å². The van der Waals surface area contributed by atoms with Gasteiger partial charge in [0.15, 0.2) is 0 Å². The third kappa shape index (κ3) is 4.68. The number of aliphatic hydroxyl groups is 1. The lowest BCUT2D eigenvalue weighted by Gasteiger charge is -2.14. The molecule has 2 amide bonds. The van der Waals surface area contributed by atoms with Crippen molar-refractivity contribution in [3.63, 3.8) is 0 Å². The van der Waals surface area contributed by atoms with Gasteiger partial charge in [0.25, 0.3) is 5.91 Å². The summed E-state index contributed by atoms with van der Waals surface area (Å²) < 4.78 is 2.41. The smallest absolute Gasteiger partial charge is 0.286 e. The van der Waals surface area contributed by atoms with Crippen molar-refractivity contribution in [1.82, 2.24) is 15.4 Å². The lowest BCUT2D eigenvalue weighted by molar-refractivity contribution is -0.124. The first-order valence-electron chi connectivity index (χ1n) is 5.90. The molecule has 1 heterocycles. The minimum Gasteiger partial charge on any atom is -0.392 e. The summed E-state index contributed by atoms with van der Waals surface area (Å²) in [7, 11) is 1.73. The predicted molar refractivity (Wildman–Crippen MR) is 74.2 cm³/mol. The molecule has 3 N–H and O–H groups in total. The van der Waals surface area contributed by atoms with Gasteiger partial charge in [0, 0.05) is 17.7 Å². The van der Waals surface area contributed by atoms with E-state index in [1.54, 1.807) is 23.9 Å². The summed E-state index contributed by atoms with van der Waals surface area (Å²) in [5.74, 6) is -0.853. The Balaban J connectivity index is 2.47. The summed E-state index contributed by atoms with van der Waals surface area (Å²) in [5.41, 5.74) is 5.00. The maximum absolute atomic E-state index is 11.8. The van der Waals surface area contributed by atoms with E-state index in [4.69, 9.17) is 0 Å². The van der Waals surface area contributed by atoms with E-state index in [2.05, 4.69) is 26.8 Å². The molecule has 0 aliphatic heterocycles. The van der Waals surface area contributed by atoms with Gasteiger partial charge in [-0.3, -0.25) is 20.4 Å². The molecule has 0 aromatic carbocycles. The van der Waals surface area contributed by atoms with Gasteiger partial charge in [-0.2, -0.15) is 0 Å². The van der Waals surface area contributed by atoms with Crippen molar-refractivity contribution >= 4 is 27.7 Å². The van der Waals surface area contributed by atoms with E-state index in [9.17, 15) is 14.7 Å². The highest BCUT2D eigenvalue weighted by atomic mass is 79.9. The number of halogens is 1. The zero-order valence-corrected chi connectivity index (χ0v) is 12.7. The van der Waals surface area contributed by atoms with Gasteiger partial charge in [0.1, 0.15) is 5.69 Å². The second kappa shape index (κ2) is 6.72. The van der Waals surface area contributed by atoms with Crippen molar-refractivity contribution in [3.8, 4) is 0 Å². The molecule has 0 aliphatic carbocycles. The minimum atomic E-state index is -0.721. The first-order valence-corrected chi connectivity index (χ1v) is 6.69. The van der Waals surface area contributed by atoms with E-state index in [1.165, 1.54) is 0 Å². The second-order valence-corrected chi connectivity index (χ2v) is 5.59. The van der Waals surface area contributed by atoms with E-state index < -0.39 is 17.9 Å². The molecule has 106 valence electrons. The molecule has 0 bridgehead atoms. The highest BCUT2D eigenvalue weighted by molar-refractivity contribution is 9.10. The van der Waals surface area contributed by atoms with Crippen LogP contribution in [0.25, 0.3) is 0 Å². The zero-order chi connectivity index (χ0) is 14.6. The Morgan fingerprint density at radius 1 is 1.42 bits per heavy atom. The van der Waals surface area contributed by atoms with Crippen LogP contribution in [0.3, 0.4) is 0 Å². The molecule has 7 heteroatoms. The van der Waals surface area contributed by atoms with E-state index in [0.717, 1.165) is 4.47 Å². The van der Waals surface area contributed by atoms with Gasteiger partial charge in [-0.05, 0) is 27.9 Å². The molecule has 0 saturated heterocycles. The van der Waals surface area contributed by atoms with Crippen LogP contribution in [0.5, 0.6) is 0 Å². The number of hydrogen-bond acceptors (Lipinski definition) is 3. The maximum atomic E-state index is 11.8. The van der Waals surface area contributed by atoms with Crippen LogP contribution < -0.4 is 10.9 Å². The van der Waals surface area contributed by atoms with Crippen LogP contribution in [0.4, 0.5) is 0 Å². The predicted octanol–water partition coefficient (Wildman–Crippen LogP) is 0.956. The van der Waals surface area contributed by atoms with Gasteiger partial charge >= 0.3 is 0 Å². The quantitative estimate of drug-likeness (QED) is 0.718. The van der Waals surface area contributed by atoms with Crippen LogP contribution in [0.15, 0.2) is 16.7 Å². The van der Waals surface area contributed by atoms with Crippen molar-refractivity contribution in [1.29, 1.82) is 0 Å². The third-order valence-corrected chi connectivity index (χ3v) is 3.12. The van der Waals surface area contributed by atoms with Crippen molar-refractivity contribution in [2.45, 2.75) is 26.4 Å². The number of nitrogens with zero attached hydrogens (tertiary/aromatic N) is 1. The normalized spacial score (nSPS) is 12.3. The van der Waals surface area contributed by atoms with Crippen LogP contribution in [0.1, 0.15) is 30.8 Å². The Morgan fingerprint density at radius 3 is 2.53 bits per heavy atom. The topological polar surface area (TPSA) is 83.4 Å². The summed E-state index contributed by atoms with van der Waals surface area (Å²) in [6, 6.07) is 1.64.